The number of carbonyl (C=O) groups is 1. The summed E-state index contributed by atoms with van der Waals surface area (Å²) in [6.07, 6.45) is 6.92. The van der Waals surface area contributed by atoms with Gasteiger partial charge >= 0.3 is 0 Å². The van der Waals surface area contributed by atoms with E-state index >= 15 is 8.78 Å². The van der Waals surface area contributed by atoms with Crippen LogP contribution in [0.3, 0.4) is 0 Å². The van der Waals surface area contributed by atoms with Gasteiger partial charge in [-0.3, -0.25) is 4.79 Å². The number of fused-ring (bicyclic) bond motifs is 2. The number of halogens is 2. The van der Waals surface area contributed by atoms with Crippen LogP contribution in [-0.2, 0) is 10.3 Å². The smallest absolute Gasteiger partial charge is 0.262 e. The van der Waals surface area contributed by atoms with Crippen molar-refractivity contribution in [1.29, 1.82) is 0 Å². The third kappa shape index (κ3) is 3.60. The summed E-state index contributed by atoms with van der Waals surface area (Å²) < 4.78 is 39.0. The van der Waals surface area contributed by atoms with E-state index in [-0.39, 0.29) is 11.3 Å². The highest BCUT2D eigenvalue weighted by Gasteiger charge is 2.57. The highest BCUT2D eigenvalue weighted by molar-refractivity contribution is 6.04. The molecule has 8 rings (SSSR count). The van der Waals surface area contributed by atoms with Gasteiger partial charge in [-0.05, 0) is 72.7 Å². The van der Waals surface area contributed by atoms with Gasteiger partial charge in [0.15, 0.2) is 11.5 Å². The summed E-state index contributed by atoms with van der Waals surface area (Å²) in [6, 6.07) is 6.95. The van der Waals surface area contributed by atoms with Gasteiger partial charge in [-0.15, -0.1) is 5.10 Å². The van der Waals surface area contributed by atoms with Crippen molar-refractivity contribution >= 4 is 23.1 Å². The Kier molecular flexibility index (Phi) is 5.01. The lowest BCUT2D eigenvalue weighted by Gasteiger charge is -2.29. The number of rotatable bonds is 6. The Morgan fingerprint density at radius 1 is 1.15 bits per heavy atom. The molecule has 1 amide bonds. The lowest BCUT2D eigenvalue weighted by molar-refractivity contribution is 0.102. The topological polar surface area (TPSA) is 89.6 Å². The number of aryl methyl sites for hydroxylation is 1. The summed E-state index contributed by atoms with van der Waals surface area (Å²) in [6.45, 7) is 4.50. The van der Waals surface area contributed by atoms with Crippen LogP contribution in [0.4, 0.5) is 20.3 Å². The zero-order valence-corrected chi connectivity index (χ0v) is 22.0. The number of morpholine rings is 1. The Labute approximate surface area is 228 Å². The third-order valence-corrected chi connectivity index (χ3v) is 8.59. The summed E-state index contributed by atoms with van der Waals surface area (Å²) in [5, 5.41) is 11.5. The highest BCUT2D eigenvalue weighted by atomic mass is 19.1. The number of allylic oxidation sites excluding steroid dienone is 2. The van der Waals surface area contributed by atoms with Crippen molar-refractivity contribution in [2.75, 3.05) is 36.5 Å². The fraction of sp³-hybridized carbons (Fsp3) is 0.379. The molecule has 4 aliphatic rings. The molecule has 2 saturated carbocycles. The number of nitrogens with zero attached hydrogens (tertiary/aromatic N) is 6. The van der Waals surface area contributed by atoms with E-state index in [1.54, 1.807) is 6.07 Å². The maximum Gasteiger partial charge on any atom is 0.262 e. The van der Waals surface area contributed by atoms with E-state index in [1.807, 2.05) is 23.6 Å². The van der Waals surface area contributed by atoms with Crippen LogP contribution in [0.25, 0.3) is 16.8 Å². The van der Waals surface area contributed by atoms with Crippen molar-refractivity contribution in [2.24, 2.45) is 0 Å². The number of benzene rings is 1. The molecule has 4 heterocycles. The molecule has 0 radical (unpaired) electrons. The van der Waals surface area contributed by atoms with E-state index in [1.165, 1.54) is 16.9 Å². The van der Waals surface area contributed by atoms with Crippen LogP contribution in [0.1, 0.15) is 53.3 Å². The second kappa shape index (κ2) is 8.44. The lowest BCUT2D eigenvalue weighted by atomic mass is 9.99. The molecule has 11 heteroatoms. The van der Waals surface area contributed by atoms with Crippen LogP contribution in [-0.4, -0.2) is 56.6 Å². The van der Waals surface area contributed by atoms with Gasteiger partial charge in [0.2, 0.25) is 5.95 Å². The maximum absolute atomic E-state index is 15.2. The second-order valence-corrected chi connectivity index (χ2v) is 11.2. The van der Waals surface area contributed by atoms with Crippen molar-refractivity contribution in [1.82, 2.24) is 24.4 Å². The third-order valence-electron chi connectivity index (χ3n) is 8.59. The van der Waals surface area contributed by atoms with Gasteiger partial charge in [-0.2, -0.15) is 14.0 Å². The molecule has 3 aliphatic carbocycles. The van der Waals surface area contributed by atoms with Gasteiger partial charge in [-0.25, -0.2) is 14.1 Å². The summed E-state index contributed by atoms with van der Waals surface area (Å²) in [4.78, 5) is 20.1. The summed E-state index contributed by atoms with van der Waals surface area (Å²) >= 11 is 0. The van der Waals surface area contributed by atoms with Gasteiger partial charge < -0.3 is 15.0 Å². The number of ether oxygens (including phenoxy) is 1. The van der Waals surface area contributed by atoms with Gasteiger partial charge in [0.1, 0.15) is 17.2 Å². The molecule has 1 saturated heterocycles. The highest BCUT2D eigenvalue weighted by Crippen LogP contribution is 2.60. The quantitative estimate of drug-likeness (QED) is 0.359. The average molecular weight is 544 g/mol. The first-order valence-electron chi connectivity index (χ1n) is 13.7. The molecule has 3 fully saturated rings. The van der Waals surface area contributed by atoms with Gasteiger partial charge in [-0.1, -0.05) is 6.08 Å². The maximum atomic E-state index is 15.2. The largest absolute Gasteiger partial charge is 0.378 e. The van der Waals surface area contributed by atoms with E-state index in [9.17, 15) is 4.79 Å². The van der Waals surface area contributed by atoms with Crippen LogP contribution in [0.15, 0.2) is 42.1 Å². The first-order valence-corrected chi connectivity index (χ1v) is 13.7. The standard InChI is InChI=1S/C29H27F2N7O2/c1-16-10-22(30)23(33-28(39)21-15-32-38(26(21)31)29-5-4-19(29)14-29)13-20(16)18-11-24-34-27(17-2-3-17)35-37(24)25(12-18)36-6-8-40-9-7-36/h4,10-13,15,17H,2-3,5-9,14H2,1H3,(H,33,39). The molecule has 9 nitrogen and oxygen atoms in total. The van der Waals surface area contributed by atoms with E-state index in [0.29, 0.717) is 36.8 Å². The molecule has 40 heavy (non-hydrogen) atoms. The predicted octanol–water partition coefficient (Wildman–Crippen LogP) is 4.57. The average Bonchev–Trinajstić information content (AvgIpc) is 3.77. The lowest BCUT2D eigenvalue weighted by Crippen LogP contribution is -2.37. The number of hydrogen-bond donors (Lipinski definition) is 1. The van der Waals surface area contributed by atoms with Gasteiger partial charge in [0, 0.05) is 25.4 Å². The Hall–Kier alpha value is -4.12. The van der Waals surface area contributed by atoms with Gasteiger partial charge in [0.05, 0.1) is 30.6 Å². The summed E-state index contributed by atoms with van der Waals surface area (Å²) in [5.74, 6) is 0.0884. The molecular formula is C29H27F2N7O2. The SMILES string of the molecule is Cc1cc(F)c(NC(=O)c2cnn(C34CC=C3C4)c2F)cc1-c1cc(N2CCOCC2)n2nc(C3CC3)nc2c1. The monoisotopic (exact) mass is 543 g/mol. The summed E-state index contributed by atoms with van der Waals surface area (Å²) in [5.41, 5.74) is 3.49. The fourth-order valence-corrected chi connectivity index (χ4v) is 5.92. The Bertz CT molecular complexity index is 1740. The van der Waals surface area contributed by atoms with Crippen LogP contribution in [0.5, 0.6) is 0 Å². The number of amides is 1. The number of nitrogens with one attached hydrogen (secondary N) is 1. The Balaban J connectivity index is 1.16. The van der Waals surface area contributed by atoms with E-state index in [0.717, 1.165) is 60.7 Å². The molecule has 1 aliphatic heterocycles. The molecular weight excluding hydrogens is 516 g/mol. The molecule has 4 aromatic rings. The first kappa shape index (κ1) is 23.7. The fourth-order valence-electron chi connectivity index (χ4n) is 5.92. The number of pyridine rings is 1. The number of anilines is 2. The molecule has 0 bridgehead atoms. The zero-order valence-electron chi connectivity index (χ0n) is 22.0. The molecule has 1 aromatic carbocycles. The molecule has 1 N–H and O–H groups in total. The number of carbonyl (C=O) groups excluding carboxylic acids is 1. The number of aromatic nitrogens is 5. The van der Waals surface area contributed by atoms with Crippen molar-refractivity contribution in [3.05, 3.63) is 70.8 Å². The second-order valence-electron chi connectivity index (χ2n) is 11.2. The Morgan fingerprint density at radius 2 is 1.98 bits per heavy atom. The van der Waals surface area contributed by atoms with E-state index in [4.69, 9.17) is 14.8 Å². The molecule has 0 spiro atoms. The normalized spacial score (nSPS) is 21.7. The molecule has 1 atom stereocenters. The van der Waals surface area contributed by atoms with Crippen molar-refractivity contribution in [3.63, 3.8) is 0 Å². The predicted molar refractivity (Wildman–Crippen MR) is 144 cm³/mol. The molecule has 204 valence electrons. The Morgan fingerprint density at radius 3 is 2.67 bits per heavy atom. The minimum atomic E-state index is -0.740. The molecule has 1 unspecified atom stereocenters. The minimum Gasteiger partial charge on any atom is -0.378 e. The first-order chi connectivity index (χ1) is 19.4. The molecule has 3 aromatic heterocycles. The van der Waals surface area contributed by atoms with Crippen LogP contribution >= 0.6 is 0 Å². The van der Waals surface area contributed by atoms with Crippen LogP contribution < -0.4 is 10.2 Å². The van der Waals surface area contributed by atoms with Crippen molar-refractivity contribution in [2.45, 2.75) is 44.1 Å². The van der Waals surface area contributed by atoms with Crippen LogP contribution in [0.2, 0.25) is 0 Å². The number of hydrogen-bond acceptors (Lipinski definition) is 6. The van der Waals surface area contributed by atoms with E-state index < -0.39 is 23.2 Å². The van der Waals surface area contributed by atoms with Crippen molar-refractivity contribution in [3.8, 4) is 11.1 Å². The zero-order chi connectivity index (χ0) is 27.2. The van der Waals surface area contributed by atoms with Gasteiger partial charge in [0.25, 0.3) is 5.91 Å². The van der Waals surface area contributed by atoms with Crippen LogP contribution in [0, 0.1) is 18.7 Å². The minimum absolute atomic E-state index is 0.0282. The van der Waals surface area contributed by atoms with E-state index in [2.05, 4.69) is 21.4 Å². The van der Waals surface area contributed by atoms with Crippen molar-refractivity contribution < 1.29 is 18.3 Å². The summed E-state index contributed by atoms with van der Waals surface area (Å²) in [7, 11) is 0.